The maximum atomic E-state index is 5.66. The van der Waals surface area contributed by atoms with Gasteiger partial charge in [-0.25, -0.2) is 15.0 Å². The van der Waals surface area contributed by atoms with Crippen molar-refractivity contribution < 1.29 is 4.42 Å². The fraction of sp³-hybridized carbons (Fsp3) is 0.417. The van der Waals surface area contributed by atoms with Gasteiger partial charge in [-0.05, 0) is 15.9 Å². The summed E-state index contributed by atoms with van der Waals surface area (Å²) < 4.78 is 6.50. The number of oxazole rings is 1. The Morgan fingerprint density at radius 2 is 1.83 bits per heavy atom. The van der Waals surface area contributed by atoms with Gasteiger partial charge in [-0.2, -0.15) is 0 Å². The van der Waals surface area contributed by atoms with Gasteiger partial charge in [0, 0.05) is 17.8 Å². The topological polar surface area (TPSA) is 63.8 Å². The Labute approximate surface area is 114 Å². The van der Waals surface area contributed by atoms with Crippen LogP contribution >= 0.6 is 15.9 Å². The molecule has 18 heavy (non-hydrogen) atoms. The van der Waals surface area contributed by atoms with Crippen molar-refractivity contribution in [1.82, 2.24) is 15.0 Å². The summed E-state index contributed by atoms with van der Waals surface area (Å²) in [6.45, 7) is 6.73. The second-order valence-corrected chi connectivity index (χ2v) is 5.86. The van der Waals surface area contributed by atoms with Gasteiger partial charge in [0.15, 0.2) is 0 Å². The van der Waals surface area contributed by atoms with Crippen molar-refractivity contribution in [2.45, 2.75) is 32.7 Å². The van der Waals surface area contributed by atoms with Crippen molar-refractivity contribution >= 4 is 21.9 Å². The van der Waals surface area contributed by atoms with Crippen LogP contribution in [0.4, 0.5) is 5.95 Å². The second-order valence-electron chi connectivity index (χ2n) is 4.95. The molecule has 0 aliphatic rings. The number of anilines is 1. The van der Waals surface area contributed by atoms with E-state index in [1.54, 1.807) is 18.6 Å². The maximum Gasteiger partial charge on any atom is 0.223 e. The Kier molecular flexibility index (Phi) is 3.65. The molecule has 0 saturated carbocycles. The first-order chi connectivity index (χ1) is 8.45. The molecule has 1 N–H and O–H groups in total. The van der Waals surface area contributed by atoms with E-state index in [2.05, 4.69) is 57.0 Å². The number of hydrogen-bond donors (Lipinski definition) is 1. The maximum absolute atomic E-state index is 5.66. The summed E-state index contributed by atoms with van der Waals surface area (Å²) in [5.74, 6) is 2.05. The molecule has 0 saturated heterocycles. The van der Waals surface area contributed by atoms with Gasteiger partial charge in [0.1, 0.15) is 5.76 Å². The molecule has 6 heteroatoms. The normalized spacial score (nSPS) is 11.6. The number of rotatable bonds is 3. The summed E-state index contributed by atoms with van der Waals surface area (Å²) >= 11 is 3.28. The third-order valence-corrected chi connectivity index (χ3v) is 2.72. The monoisotopic (exact) mass is 310 g/mol. The van der Waals surface area contributed by atoms with Crippen LogP contribution in [-0.2, 0) is 12.0 Å². The minimum absolute atomic E-state index is 0.0284. The fourth-order valence-corrected chi connectivity index (χ4v) is 1.50. The van der Waals surface area contributed by atoms with E-state index >= 15 is 0 Å². The van der Waals surface area contributed by atoms with Crippen LogP contribution in [0.2, 0.25) is 0 Å². The quantitative estimate of drug-likeness (QED) is 0.943. The van der Waals surface area contributed by atoms with Crippen LogP contribution < -0.4 is 5.32 Å². The molecule has 0 bridgehead atoms. The lowest BCUT2D eigenvalue weighted by Gasteiger charge is -2.13. The molecule has 0 atom stereocenters. The number of nitrogens with zero attached hydrogens (tertiary/aromatic N) is 3. The lowest BCUT2D eigenvalue weighted by Crippen LogP contribution is -2.09. The second kappa shape index (κ2) is 5.06. The Bertz CT molecular complexity index is 516. The van der Waals surface area contributed by atoms with Gasteiger partial charge in [-0.1, -0.05) is 20.8 Å². The predicted octanol–water partition coefficient (Wildman–Crippen LogP) is 3.14. The van der Waals surface area contributed by atoms with E-state index in [0.717, 1.165) is 10.2 Å². The average Bonchev–Trinajstić information content (AvgIpc) is 2.77. The van der Waals surface area contributed by atoms with Crippen LogP contribution in [-0.4, -0.2) is 15.0 Å². The number of hydrogen-bond acceptors (Lipinski definition) is 5. The van der Waals surface area contributed by atoms with Crippen molar-refractivity contribution in [2.75, 3.05) is 5.32 Å². The largest absolute Gasteiger partial charge is 0.443 e. The molecule has 2 rings (SSSR count). The Balaban J connectivity index is 1.98. The van der Waals surface area contributed by atoms with Crippen LogP contribution in [0.3, 0.4) is 0 Å². The number of nitrogens with one attached hydrogen (secondary N) is 1. The highest BCUT2D eigenvalue weighted by atomic mass is 79.9. The molecule has 0 fully saturated rings. The zero-order valence-electron chi connectivity index (χ0n) is 10.6. The predicted molar refractivity (Wildman–Crippen MR) is 72.3 cm³/mol. The molecule has 0 aliphatic carbocycles. The number of halogens is 1. The Morgan fingerprint density at radius 1 is 1.17 bits per heavy atom. The molecule has 0 aliphatic heterocycles. The molecule has 2 aromatic heterocycles. The van der Waals surface area contributed by atoms with Gasteiger partial charge in [-0.15, -0.1) is 0 Å². The van der Waals surface area contributed by atoms with Crippen LogP contribution in [0.1, 0.15) is 32.4 Å². The highest BCUT2D eigenvalue weighted by Gasteiger charge is 2.18. The van der Waals surface area contributed by atoms with E-state index in [-0.39, 0.29) is 5.41 Å². The minimum Gasteiger partial charge on any atom is -0.443 e. The van der Waals surface area contributed by atoms with E-state index < -0.39 is 0 Å². The highest BCUT2D eigenvalue weighted by Crippen LogP contribution is 2.22. The minimum atomic E-state index is -0.0284. The van der Waals surface area contributed by atoms with Crippen LogP contribution in [0.25, 0.3) is 0 Å². The molecule has 96 valence electrons. The molecule has 0 unspecified atom stereocenters. The first-order valence-corrected chi connectivity index (χ1v) is 6.41. The van der Waals surface area contributed by atoms with E-state index in [9.17, 15) is 0 Å². The first-order valence-electron chi connectivity index (χ1n) is 5.62. The van der Waals surface area contributed by atoms with Crippen LogP contribution in [0.15, 0.2) is 27.5 Å². The van der Waals surface area contributed by atoms with E-state index in [4.69, 9.17) is 4.42 Å². The molecule has 2 heterocycles. The van der Waals surface area contributed by atoms with Gasteiger partial charge < -0.3 is 9.73 Å². The zero-order valence-corrected chi connectivity index (χ0v) is 12.2. The molecule has 5 nitrogen and oxygen atoms in total. The van der Waals surface area contributed by atoms with Gasteiger partial charge in [0.05, 0.1) is 17.2 Å². The molecule has 0 aromatic carbocycles. The summed E-state index contributed by atoms with van der Waals surface area (Å²) in [4.78, 5) is 12.4. The summed E-state index contributed by atoms with van der Waals surface area (Å²) in [6, 6.07) is 0. The van der Waals surface area contributed by atoms with Crippen molar-refractivity contribution in [2.24, 2.45) is 0 Å². The molecular weight excluding hydrogens is 296 g/mol. The highest BCUT2D eigenvalue weighted by molar-refractivity contribution is 9.10. The first kappa shape index (κ1) is 13.0. The van der Waals surface area contributed by atoms with Crippen molar-refractivity contribution in [3.05, 3.63) is 34.7 Å². The van der Waals surface area contributed by atoms with E-state index in [1.807, 2.05) is 0 Å². The van der Waals surface area contributed by atoms with Crippen molar-refractivity contribution in [1.29, 1.82) is 0 Å². The molecule has 0 amide bonds. The van der Waals surface area contributed by atoms with Crippen molar-refractivity contribution in [3.8, 4) is 0 Å². The lowest BCUT2D eigenvalue weighted by atomic mass is 9.94. The van der Waals surface area contributed by atoms with Gasteiger partial charge in [0.25, 0.3) is 0 Å². The summed E-state index contributed by atoms with van der Waals surface area (Å²) in [5, 5.41) is 3.05. The third kappa shape index (κ3) is 3.29. The summed E-state index contributed by atoms with van der Waals surface area (Å²) in [7, 11) is 0. The third-order valence-electron chi connectivity index (χ3n) is 2.31. The Hall–Kier alpha value is -1.43. The van der Waals surface area contributed by atoms with E-state index in [1.165, 1.54) is 0 Å². The molecule has 2 aromatic rings. The fourth-order valence-electron chi connectivity index (χ4n) is 1.30. The molecular formula is C12H15BrN4O. The standard InChI is InChI=1S/C12H15BrN4O/c1-12(2,3)9-6-14-10(18-9)7-17-11-15-4-8(13)5-16-11/h4-6H,7H2,1-3H3,(H,15,16,17). The molecule has 0 radical (unpaired) electrons. The average molecular weight is 311 g/mol. The summed E-state index contributed by atoms with van der Waals surface area (Å²) in [5.41, 5.74) is -0.0284. The zero-order chi connectivity index (χ0) is 13.2. The van der Waals surface area contributed by atoms with Crippen molar-refractivity contribution in [3.63, 3.8) is 0 Å². The smallest absolute Gasteiger partial charge is 0.223 e. The van der Waals surface area contributed by atoms with Gasteiger partial charge in [-0.3, -0.25) is 0 Å². The van der Waals surface area contributed by atoms with E-state index in [0.29, 0.717) is 18.4 Å². The van der Waals surface area contributed by atoms with Crippen LogP contribution in [0, 0.1) is 0 Å². The van der Waals surface area contributed by atoms with Gasteiger partial charge in [0.2, 0.25) is 11.8 Å². The van der Waals surface area contributed by atoms with Crippen LogP contribution in [0.5, 0.6) is 0 Å². The summed E-state index contributed by atoms with van der Waals surface area (Å²) in [6.07, 6.45) is 5.14. The van der Waals surface area contributed by atoms with Gasteiger partial charge >= 0.3 is 0 Å². The SMILES string of the molecule is CC(C)(C)c1cnc(CNc2ncc(Br)cn2)o1. The lowest BCUT2D eigenvalue weighted by molar-refractivity contribution is 0.385. The molecule has 0 spiro atoms. The Morgan fingerprint density at radius 3 is 2.39 bits per heavy atom. The number of aromatic nitrogens is 3.